The Labute approximate surface area is 245 Å². The van der Waals surface area contributed by atoms with Crippen LogP contribution in [0.4, 0.5) is 0 Å². The topological polar surface area (TPSA) is 43.4 Å². The summed E-state index contributed by atoms with van der Waals surface area (Å²) in [7, 11) is 1.72. The molecular formula is C36H66O3. The normalized spacial score (nSPS) is 23.6. The molecule has 2 aliphatic rings. The fraction of sp³-hybridized carbons (Fsp3) is 0.778. The van der Waals surface area contributed by atoms with E-state index in [1.165, 1.54) is 31.3 Å². The van der Waals surface area contributed by atoms with Crippen molar-refractivity contribution in [3.8, 4) is 0 Å². The Morgan fingerprint density at radius 2 is 1.67 bits per heavy atom. The number of unbranched alkanes of at least 4 members (excludes halogenated alkanes) is 1. The van der Waals surface area contributed by atoms with Crippen LogP contribution in [0.1, 0.15) is 129 Å². The van der Waals surface area contributed by atoms with Gasteiger partial charge in [-0.1, -0.05) is 79.4 Å². The molecule has 0 saturated heterocycles. The first-order valence-electron chi connectivity index (χ1n) is 16.1. The van der Waals surface area contributed by atoms with Gasteiger partial charge in [-0.2, -0.15) is 0 Å². The van der Waals surface area contributed by atoms with E-state index in [-0.39, 0.29) is 26.5 Å². The highest BCUT2D eigenvalue weighted by Gasteiger charge is 2.43. The molecule has 2 fully saturated rings. The van der Waals surface area contributed by atoms with Crippen LogP contribution >= 0.6 is 0 Å². The van der Waals surface area contributed by atoms with Crippen molar-refractivity contribution in [2.75, 3.05) is 7.11 Å². The zero-order valence-corrected chi connectivity index (χ0v) is 27.1. The van der Waals surface area contributed by atoms with E-state index in [4.69, 9.17) is 4.74 Å². The van der Waals surface area contributed by atoms with Crippen LogP contribution in [0.3, 0.4) is 0 Å². The Balaban J connectivity index is 0. The third-order valence-corrected chi connectivity index (χ3v) is 9.04. The van der Waals surface area contributed by atoms with Crippen LogP contribution in [0.25, 0.3) is 0 Å². The molecule has 0 spiro atoms. The van der Waals surface area contributed by atoms with Crippen molar-refractivity contribution in [3.63, 3.8) is 0 Å². The van der Waals surface area contributed by atoms with E-state index in [1.807, 2.05) is 13.0 Å². The summed E-state index contributed by atoms with van der Waals surface area (Å²) in [6.45, 7) is 20.7. The molecule has 0 heterocycles. The fourth-order valence-electron chi connectivity index (χ4n) is 6.31. The van der Waals surface area contributed by atoms with Gasteiger partial charge in [0.1, 0.15) is 17.3 Å². The highest BCUT2D eigenvalue weighted by Crippen LogP contribution is 2.44. The molecule has 0 bridgehead atoms. The van der Waals surface area contributed by atoms with Crippen molar-refractivity contribution in [3.05, 3.63) is 36.1 Å². The molecule has 0 amide bonds. The second kappa shape index (κ2) is 18.7. The molecule has 2 aliphatic carbocycles. The van der Waals surface area contributed by atoms with Gasteiger partial charge >= 0.3 is 0 Å². The number of carbonyl (C=O) groups excluding carboxylic acids is 2. The number of hydrogen-bond acceptors (Lipinski definition) is 3. The molecule has 5 atom stereocenters. The van der Waals surface area contributed by atoms with Gasteiger partial charge in [-0.25, -0.2) is 0 Å². The number of rotatable bonds is 16. The lowest BCUT2D eigenvalue weighted by molar-refractivity contribution is -0.133. The van der Waals surface area contributed by atoms with Crippen LogP contribution in [0.15, 0.2) is 36.1 Å². The van der Waals surface area contributed by atoms with E-state index >= 15 is 0 Å². The summed E-state index contributed by atoms with van der Waals surface area (Å²) in [5.41, 5.74) is 1.21. The van der Waals surface area contributed by atoms with Crippen LogP contribution in [0.2, 0.25) is 0 Å². The van der Waals surface area contributed by atoms with Crippen molar-refractivity contribution in [1.29, 1.82) is 0 Å². The van der Waals surface area contributed by atoms with Crippen molar-refractivity contribution >= 4 is 11.6 Å². The van der Waals surface area contributed by atoms with Crippen molar-refractivity contribution in [2.45, 2.75) is 126 Å². The molecule has 1 unspecified atom stereocenters. The van der Waals surface area contributed by atoms with Gasteiger partial charge in [0.25, 0.3) is 0 Å². The molecule has 0 radical (unpaired) electrons. The molecule has 0 N–H and O–H groups in total. The highest BCUT2D eigenvalue weighted by molar-refractivity contribution is 5.88. The summed E-state index contributed by atoms with van der Waals surface area (Å²) >= 11 is 0. The third kappa shape index (κ3) is 12.2. The number of ketones is 2. The van der Waals surface area contributed by atoms with Gasteiger partial charge in [0.05, 0.1) is 7.11 Å². The molecule has 0 aromatic rings. The number of carbonyl (C=O) groups is 2. The van der Waals surface area contributed by atoms with Gasteiger partial charge in [-0.05, 0) is 93.6 Å². The molecule has 3 nitrogen and oxygen atoms in total. The third-order valence-electron chi connectivity index (χ3n) is 9.04. The van der Waals surface area contributed by atoms with Crippen molar-refractivity contribution in [2.24, 2.45) is 47.3 Å². The van der Waals surface area contributed by atoms with Crippen molar-refractivity contribution in [1.82, 2.24) is 0 Å². The maximum absolute atomic E-state index is 13.8. The maximum atomic E-state index is 13.8. The van der Waals surface area contributed by atoms with E-state index in [0.29, 0.717) is 41.7 Å². The summed E-state index contributed by atoms with van der Waals surface area (Å²) < 4.78 is 5.65. The molecule has 3 heteroatoms. The lowest BCUT2D eigenvalue weighted by Crippen LogP contribution is -2.38. The van der Waals surface area contributed by atoms with Crippen LogP contribution in [-0.2, 0) is 14.3 Å². The monoisotopic (exact) mass is 547 g/mol. The van der Waals surface area contributed by atoms with E-state index in [0.717, 1.165) is 44.3 Å². The maximum Gasteiger partial charge on any atom is 0.143 e. The van der Waals surface area contributed by atoms with E-state index in [9.17, 15) is 9.59 Å². The Morgan fingerprint density at radius 1 is 1.05 bits per heavy atom. The molecule has 0 aliphatic heterocycles. The second-order valence-corrected chi connectivity index (χ2v) is 13.1. The average Bonchev–Trinajstić information content (AvgIpc) is 3.73. The summed E-state index contributed by atoms with van der Waals surface area (Å²) in [6.07, 6.45) is 17.7. The smallest absolute Gasteiger partial charge is 0.143 e. The Hall–Kier alpha value is -1.64. The number of allylic oxidation sites excluding steroid dienone is 4. The predicted molar refractivity (Wildman–Crippen MR) is 172 cm³/mol. The number of hydrogen-bond donors (Lipinski definition) is 0. The Morgan fingerprint density at radius 3 is 2.18 bits per heavy atom. The molecular weight excluding hydrogens is 480 g/mol. The van der Waals surface area contributed by atoms with Gasteiger partial charge < -0.3 is 4.74 Å². The molecule has 0 aromatic carbocycles. The molecule has 0 aromatic heterocycles. The summed E-state index contributed by atoms with van der Waals surface area (Å²) in [5.74, 6) is 4.07. The Bertz CT molecular complexity index is 810. The number of methoxy groups -OCH3 is 1. The minimum Gasteiger partial charge on any atom is -0.497 e. The average molecular weight is 547 g/mol. The molecule has 228 valence electrons. The first-order valence-corrected chi connectivity index (χ1v) is 16.1. The zero-order chi connectivity index (χ0) is 29.5. The first kappa shape index (κ1) is 35.4. The summed E-state index contributed by atoms with van der Waals surface area (Å²) in [5, 5.41) is 0. The predicted octanol–water partition coefficient (Wildman–Crippen LogP) is 10.7. The quantitative estimate of drug-likeness (QED) is 0.110. The molecule has 39 heavy (non-hydrogen) atoms. The van der Waals surface area contributed by atoms with Gasteiger partial charge in [0.15, 0.2) is 0 Å². The second-order valence-electron chi connectivity index (χ2n) is 13.1. The van der Waals surface area contributed by atoms with Gasteiger partial charge in [0, 0.05) is 27.0 Å². The first-order chi connectivity index (χ1) is 18.5. The SMILES string of the molecule is C=CC.CCCC[C@H](CCC(=O)[C@@H]1CCC[C@H](C(=O)C(/C=C/C(OC)=C(\C)C(C)C)C2CC2)[C@@H]1C)CC(C)C.[HH].[HH]. The zero-order valence-electron chi connectivity index (χ0n) is 27.1. The van der Waals surface area contributed by atoms with Crippen LogP contribution in [0, 0.1) is 47.3 Å². The lowest BCUT2D eigenvalue weighted by atomic mass is 9.67. The van der Waals surface area contributed by atoms with Gasteiger partial charge in [-0.3, -0.25) is 9.59 Å². The molecule has 2 rings (SSSR count). The van der Waals surface area contributed by atoms with E-state index in [1.54, 1.807) is 13.2 Å². The molecule has 2 saturated carbocycles. The summed E-state index contributed by atoms with van der Waals surface area (Å²) in [4.78, 5) is 27.3. The number of ether oxygens (including phenoxy) is 1. The minimum atomic E-state index is -0.0409. The standard InChI is InChI=1S/C33H56O3.C3H6.2H2/c1-9-10-12-26(21-22(2)3)15-19-31(34)28-13-11-14-29(25(28)7)33(35)30(27-16-17-27)18-20-32(36-8)24(6)23(4)5;1-3-2;;/h18,20,22-23,25-30H,9-17,19,21H2,1-8H3;3H,1H2,2H3;2*1H/b20-18+,32-24-;;;/t25-,26-,28-,29+,30?;;;/m1.../s1. The summed E-state index contributed by atoms with van der Waals surface area (Å²) in [6, 6.07) is 0. The Kier molecular flexibility index (Phi) is 16.9. The number of Topliss-reactive ketones (excluding diaryl/α,β-unsaturated/α-hetero) is 2. The highest BCUT2D eigenvalue weighted by atomic mass is 16.5. The largest absolute Gasteiger partial charge is 0.497 e. The minimum absolute atomic E-state index is 0. The van der Waals surface area contributed by atoms with Crippen LogP contribution in [-0.4, -0.2) is 18.7 Å². The fourth-order valence-corrected chi connectivity index (χ4v) is 6.31. The van der Waals surface area contributed by atoms with E-state index in [2.05, 4.69) is 61.1 Å². The van der Waals surface area contributed by atoms with Crippen LogP contribution in [0.5, 0.6) is 0 Å². The lowest BCUT2D eigenvalue weighted by Gasteiger charge is -2.36. The van der Waals surface area contributed by atoms with Gasteiger partial charge in [-0.15, -0.1) is 6.58 Å². The van der Waals surface area contributed by atoms with Gasteiger partial charge in [0.2, 0.25) is 0 Å². The van der Waals surface area contributed by atoms with Crippen LogP contribution < -0.4 is 0 Å². The van der Waals surface area contributed by atoms with Crippen molar-refractivity contribution < 1.29 is 17.2 Å². The van der Waals surface area contributed by atoms with E-state index < -0.39 is 0 Å².